The molecule has 3 aliphatic rings. The maximum atomic E-state index is 14.2. The quantitative estimate of drug-likeness (QED) is 0.453. The SMILES string of the molecule is C=N/C(C)=N\C(Nc1n[nH]c2c1CN(C(=O)N1C[C@@H](C)N(CC3CCOCC3)C[C@@H]1C)C2(C)C)=C(/C)F. The molecule has 37 heavy (non-hydrogen) atoms. The van der Waals surface area contributed by atoms with Crippen LogP contribution in [-0.4, -0.2) is 88.4 Å². The number of H-pyrrole nitrogens is 1. The van der Waals surface area contributed by atoms with Gasteiger partial charge < -0.3 is 19.9 Å². The van der Waals surface area contributed by atoms with Gasteiger partial charge in [0.25, 0.3) is 0 Å². The van der Waals surface area contributed by atoms with E-state index in [-0.39, 0.29) is 23.9 Å². The Balaban J connectivity index is 1.47. The molecule has 2 fully saturated rings. The number of ether oxygens (including phenoxy) is 1. The van der Waals surface area contributed by atoms with Crippen molar-refractivity contribution in [2.45, 2.75) is 78.6 Å². The Labute approximate surface area is 219 Å². The standard InChI is InChI=1S/C26H41FN8O2/c1-16-13-34(17(2)12-33(16)14-20-8-10-37-11-9-20)25(36)35-15-21-22(26(35,5)6)31-32-24(21)30-23(18(3)27)29-19(4)28-7/h16-17,20H,7-15H2,1-6H3,(H2,30,31,32)/b23-18-,29-19-/t16-,17+/m1/s1. The molecule has 0 radical (unpaired) electrons. The number of amidine groups is 1. The molecule has 204 valence electrons. The number of halogens is 1. The fourth-order valence-corrected chi connectivity index (χ4v) is 5.56. The highest BCUT2D eigenvalue weighted by Gasteiger charge is 2.47. The normalized spacial score (nSPS) is 25.6. The Morgan fingerprint density at radius 2 is 1.95 bits per heavy atom. The van der Waals surface area contributed by atoms with Crippen molar-refractivity contribution in [3.8, 4) is 0 Å². The summed E-state index contributed by atoms with van der Waals surface area (Å²) < 4.78 is 19.7. The highest BCUT2D eigenvalue weighted by Crippen LogP contribution is 2.42. The number of hydrogen-bond donors (Lipinski definition) is 2. The highest BCUT2D eigenvalue weighted by molar-refractivity contribution is 5.85. The molecule has 4 heterocycles. The Bertz CT molecular complexity index is 1070. The zero-order chi connectivity index (χ0) is 26.9. The van der Waals surface area contributed by atoms with Gasteiger partial charge in [-0.1, -0.05) is 0 Å². The second-order valence-corrected chi connectivity index (χ2v) is 11.0. The van der Waals surface area contributed by atoms with Crippen LogP contribution in [0.1, 0.15) is 65.6 Å². The van der Waals surface area contributed by atoms with Gasteiger partial charge in [-0.3, -0.25) is 10.00 Å². The van der Waals surface area contributed by atoms with E-state index in [4.69, 9.17) is 4.74 Å². The third-order valence-electron chi connectivity index (χ3n) is 7.96. The predicted octanol–water partition coefficient (Wildman–Crippen LogP) is 4.09. The largest absolute Gasteiger partial charge is 0.381 e. The van der Waals surface area contributed by atoms with Crippen LogP contribution >= 0.6 is 0 Å². The zero-order valence-corrected chi connectivity index (χ0v) is 23.0. The van der Waals surface area contributed by atoms with E-state index >= 15 is 0 Å². The summed E-state index contributed by atoms with van der Waals surface area (Å²) in [6, 6.07) is 0.388. The third-order valence-corrected chi connectivity index (χ3v) is 7.96. The van der Waals surface area contributed by atoms with Crippen LogP contribution in [0.5, 0.6) is 0 Å². The lowest BCUT2D eigenvalue weighted by Crippen LogP contribution is -2.62. The van der Waals surface area contributed by atoms with Crippen LogP contribution in [0, 0.1) is 5.92 Å². The number of aliphatic imine (C=N–C) groups is 2. The van der Waals surface area contributed by atoms with Gasteiger partial charge in [-0.2, -0.15) is 5.10 Å². The number of rotatable bonds is 5. The van der Waals surface area contributed by atoms with Gasteiger partial charge in [0.2, 0.25) is 0 Å². The van der Waals surface area contributed by atoms with Crippen molar-refractivity contribution in [3.05, 3.63) is 22.9 Å². The smallest absolute Gasteiger partial charge is 0.321 e. The number of piperazine rings is 1. The molecular weight excluding hydrogens is 475 g/mol. The van der Waals surface area contributed by atoms with Crippen LogP contribution in [-0.2, 0) is 16.8 Å². The number of nitrogens with zero attached hydrogens (tertiary/aromatic N) is 6. The van der Waals surface area contributed by atoms with Gasteiger partial charge in [-0.25, -0.2) is 19.2 Å². The molecule has 1 aromatic heterocycles. The van der Waals surface area contributed by atoms with Crippen molar-refractivity contribution >= 4 is 24.4 Å². The van der Waals surface area contributed by atoms with Gasteiger partial charge in [-0.05, 0) is 67.0 Å². The number of nitrogens with one attached hydrogen (secondary N) is 2. The molecule has 2 amide bonds. The van der Waals surface area contributed by atoms with Gasteiger partial charge in [0, 0.05) is 50.5 Å². The number of fused-ring (bicyclic) bond motifs is 1. The molecule has 0 aromatic carbocycles. The average molecular weight is 517 g/mol. The van der Waals surface area contributed by atoms with E-state index in [2.05, 4.69) is 51.0 Å². The van der Waals surface area contributed by atoms with Gasteiger partial charge in [0.1, 0.15) is 11.7 Å². The fraction of sp³-hybridized carbons (Fsp3) is 0.692. The number of hydrogen-bond acceptors (Lipinski definition) is 6. The van der Waals surface area contributed by atoms with Gasteiger partial charge >= 0.3 is 6.03 Å². The lowest BCUT2D eigenvalue weighted by molar-refractivity contribution is 0.00882. The maximum Gasteiger partial charge on any atom is 0.321 e. The average Bonchev–Trinajstić information content (AvgIpc) is 3.38. The Morgan fingerprint density at radius 1 is 1.24 bits per heavy atom. The molecule has 3 aliphatic heterocycles. The van der Waals surface area contributed by atoms with E-state index in [0.717, 1.165) is 50.4 Å². The first kappa shape index (κ1) is 27.3. The summed E-state index contributed by atoms with van der Waals surface area (Å²) in [4.78, 5) is 28.2. The lowest BCUT2D eigenvalue weighted by Gasteiger charge is -2.47. The number of carbonyl (C=O) groups is 1. The first-order valence-electron chi connectivity index (χ1n) is 13.2. The third kappa shape index (κ3) is 5.57. The van der Waals surface area contributed by atoms with Crippen LogP contribution in [0.15, 0.2) is 21.6 Å². The molecular formula is C26H41FN8O2. The number of anilines is 1. The molecule has 2 N–H and O–H groups in total. The number of aromatic nitrogens is 2. The first-order valence-corrected chi connectivity index (χ1v) is 13.2. The van der Waals surface area contributed by atoms with Gasteiger partial charge in [0.15, 0.2) is 11.6 Å². The molecule has 10 nitrogen and oxygen atoms in total. The Kier molecular flexibility index (Phi) is 8.03. The fourth-order valence-electron chi connectivity index (χ4n) is 5.56. The maximum absolute atomic E-state index is 14.2. The molecule has 4 rings (SSSR count). The van der Waals surface area contributed by atoms with Crippen molar-refractivity contribution in [2.75, 3.05) is 38.2 Å². The first-order chi connectivity index (χ1) is 17.5. The molecule has 0 spiro atoms. The van der Waals surface area contributed by atoms with E-state index in [1.54, 1.807) is 6.92 Å². The number of carbonyl (C=O) groups excluding carboxylic acids is 1. The number of allylic oxidation sites excluding steroid dienone is 1. The van der Waals surface area contributed by atoms with Crippen LogP contribution < -0.4 is 5.32 Å². The summed E-state index contributed by atoms with van der Waals surface area (Å²) in [5.41, 5.74) is 1.06. The molecule has 0 aliphatic carbocycles. The second kappa shape index (κ2) is 10.9. The van der Waals surface area contributed by atoms with Crippen LogP contribution in [0.2, 0.25) is 0 Å². The molecule has 0 bridgehead atoms. The van der Waals surface area contributed by atoms with Crippen molar-refractivity contribution < 1.29 is 13.9 Å². The second-order valence-electron chi connectivity index (χ2n) is 11.0. The minimum Gasteiger partial charge on any atom is -0.381 e. The Hall–Kier alpha value is -2.79. The molecule has 2 saturated heterocycles. The zero-order valence-electron chi connectivity index (χ0n) is 23.0. The van der Waals surface area contributed by atoms with Crippen LogP contribution in [0.4, 0.5) is 15.0 Å². The van der Waals surface area contributed by atoms with E-state index in [9.17, 15) is 9.18 Å². The van der Waals surface area contributed by atoms with Gasteiger partial charge in [-0.15, -0.1) is 0 Å². The number of amides is 2. The Morgan fingerprint density at radius 3 is 2.59 bits per heavy atom. The summed E-state index contributed by atoms with van der Waals surface area (Å²) in [6.07, 6.45) is 2.22. The van der Waals surface area contributed by atoms with Crippen molar-refractivity contribution in [2.24, 2.45) is 15.9 Å². The molecule has 1 aromatic rings. The van der Waals surface area contributed by atoms with E-state index < -0.39 is 11.4 Å². The van der Waals surface area contributed by atoms with Crippen LogP contribution in [0.3, 0.4) is 0 Å². The molecule has 0 unspecified atom stereocenters. The van der Waals surface area contributed by atoms with Crippen molar-refractivity contribution in [1.29, 1.82) is 0 Å². The molecule has 11 heteroatoms. The van der Waals surface area contributed by atoms with Crippen LogP contribution in [0.25, 0.3) is 0 Å². The predicted molar refractivity (Wildman–Crippen MR) is 143 cm³/mol. The molecule has 2 atom stereocenters. The van der Waals surface area contributed by atoms with E-state index in [1.807, 2.05) is 23.6 Å². The minimum atomic E-state index is -0.599. The summed E-state index contributed by atoms with van der Waals surface area (Å²) in [5.74, 6) is 0.974. The topological polar surface area (TPSA) is 101 Å². The molecule has 0 saturated carbocycles. The summed E-state index contributed by atoms with van der Waals surface area (Å²) >= 11 is 0. The lowest BCUT2D eigenvalue weighted by atomic mass is 9.97. The summed E-state index contributed by atoms with van der Waals surface area (Å²) in [5, 5.41) is 10.4. The van der Waals surface area contributed by atoms with E-state index in [0.29, 0.717) is 30.7 Å². The van der Waals surface area contributed by atoms with Crippen molar-refractivity contribution in [1.82, 2.24) is 24.9 Å². The number of urea groups is 1. The monoisotopic (exact) mass is 516 g/mol. The van der Waals surface area contributed by atoms with Crippen molar-refractivity contribution in [3.63, 3.8) is 0 Å². The summed E-state index contributed by atoms with van der Waals surface area (Å²) in [6.45, 7) is 19.4. The number of aromatic amines is 1. The summed E-state index contributed by atoms with van der Waals surface area (Å²) in [7, 11) is 0. The highest BCUT2D eigenvalue weighted by atomic mass is 19.1. The minimum absolute atomic E-state index is 0.00720. The van der Waals surface area contributed by atoms with Gasteiger partial charge in [0.05, 0.1) is 17.8 Å². The van der Waals surface area contributed by atoms with E-state index in [1.165, 1.54) is 6.92 Å².